The number of methoxy groups -OCH3 is 1. The zero-order valence-corrected chi connectivity index (χ0v) is 19.1. The van der Waals surface area contributed by atoms with E-state index in [1.807, 2.05) is 34.6 Å². The van der Waals surface area contributed by atoms with E-state index in [0.717, 1.165) is 6.42 Å². The Morgan fingerprint density at radius 3 is 2.21 bits per heavy atom. The first-order valence-corrected chi connectivity index (χ1v) is 10.1. The van der Waals surface area contributed by atoms with Crippen LogP contribution in [0, 0.1) is 0 Å². The third-order valence-corrected chi connectivity index (χ3v) is 5.38. The van der Waals surface area contributed by atoms with Crippen molar-refractivity contribution >= 4 is 18.6 Å². The molecule has 0 amide bonds. The fourth-order valence-corrected chi connectivity index (χ4v) is 3.13. The van der Waals surface area contributed by atoms with E-state index < -0.39 is 35.9 Å². The van der Waals surface area contributed by atoms with Crippen LogP contribution < -0.4 is 15.8 Å². The summed E-state index contributed by atoms with van der Waals surface area (Å²) in [7, 11) is 0.782. The first kappa shape index (κ1) is 23.5. The van der Waals surface area contributed by atoms with Gasteiger partial charge in [-0.25, -0.2) is 4.79 Å². The van der Waals surface area contributed by atoms with Gasteiger partial charge in [-0.1, -0.05) is 13.3 Å². The summed E-state index contributed by atoms with van der Waals surface area (Å²) in [6.07, 6.45) is 2.75. The smallest absolute Gasteiger partial charge is 0.496 e. The number of aromatic nitrogens is 1. The summed E-state index contributed by atoms with van der Waals surface area (Å²) in [5, 5.41) is 0. The van der Waals surface area contributed by atoms with Gasteiger partial charge in [0.1, 0.15) is 17.4 Å². The molecule has 2 heterocycles. The second-order valence-corrected chi connectivity index (χ2v) is 9.47. The Hall–Kier alpha value is -1.80. The van der Waals surface area contributed by atoms with Crippen LogP contribution in [0.4, 0.5) is 0 Å². The lowest BCUT2D eigenvalue weighted by Gasteiger charge is -2.32. The first-order valence-electron chi connectivity index (χ1n) is 10.1. The van der Waals surface area contributed by atoms with Crippen molar-refractivity contribution in [3.63, 3.8) is 0 Å². The molecule has 1 saturated heterocycles. The van der Waals surface area contributed by atoms with Crippen LogP contribution in [0.25, 0.3) is 0 Å². The number of esters is 1. The molecule has 1 aliphatic heterocycles. The monoisotopic (exact) mass is 407 g/mol. The molecule has 1 unspecified atom stereocenters. The highest BCUT2D eigenvalue weighted by Crippen LogP contribution is 2.37. The second kappa shape index (κ2) is 8.15. The molecule has 0 N–H and O–H groups in total. The van der Waals surface area contributed by atoms with Gasteiger partial charge in [-0.2, -0.15) is 0 Å². The molecule has 0 bridgehead atoms. The second-order valence-electron chi connectivity index (χ2n) is 9.47. The molecular weight excluding hydrogens is 373 g/mol. The third kappa shape index (κ3) is 5.04. The van der Waals surface area contributed by atoms with Gasteiger partial charge in [-0.05, 0) is 54.9 Å². The zero-order chi connectivity index (χ0) is 22.2. The normalized spacial score (nSPS) is 19.1. The lowest BCUT2D eigenvalue weighted by molar-refractivity contribution is -0.159. The molecule has 7 nitrogen and oxygen atoms in total. The van der Waals surface area contributed by atoms with Gasteiger partial charge in [-0.15, -0.1) is 0 Å². The van der Waals surface area contributed by atoms with Gasteiger partial charge < -0.3 is 18.8 Å². The number of hydrogen-bond donors (Lipinski definition) is 0. The molecule has 1 aliphatic rings. The summed E-state index contributed by atoms with van der Waals surface area (Å²) in [4.78, 5) is 25.7. The predicted molar refractivity (Wildman–Crippen MR) is 113 cm³/mol. The number of nitrogens with zero attached hydrogens (tertiary/aromatic N) is 1. The van der Waals surface area contributed by atoms with E-state index in [1.165, 1.54) is 17.7 Å². The molecule has 1 aromatic rings. The van der Waals surface area contributed by atoms with E-state index >= 15 is 0 Å². The lowest BCUT2D eigenvalue weighted by Crippen LogP contribution is -2.41. The third-order valence-electron chi connectivity index (χ3n) is 5.38. The van der Waals surface area contributed by atoms with Crippen molar-refractivity contribution in [3.05, 3.63) is 22.6 Å². The lowest BCUT2D eigenvalue weighted by atomic mass is 9.79. The molecule has 1 aromatic heterocycles. The van der Waals surface area contributed by atoms with E-state index in [2.05, 4.69) is 0 Å². The van der Waals surface area contributed by atoms with E-state index in [4.69, 9.17) is 18.8 Å². The van der Waals surface area contributed by atoms with Crippen molar-refractivity contribution in [1.29, 1.82) is 0 Å². The summed E-state index contributed by atoms with van der Waals surface area (Å²) in [5.74, 6) is -0.0142. The van der Waals surface area contributed by atoms with Crippen molar-refractivity contribution in [3.8, 4) is 5.75 Å². The molecule has 1 fully saturated rings. The van der Waals surface area contributed by atoms with Gasteiger partial charge in [-0.3, -0.25) is 9.36 Å². The number of carbonyl (C=O) groups is 1. The van der Waals surface area contributed by atoms with E-state index in [9.17, 15) is 9.59 Å². The Labute approximate surface area is 173 Å². The van der Waals surface area contributed by atoms with Gasteiger partial charge in [0, 0.05) is 17.7 Å². The quantitative estimate of drug-likeness (QED) is 0.533. The molecule has 2 rings (SSSR count). The standard InChI is InChI=1S/C21H34BNO6/c1-10-11-15(18(25)27-19(2,3)4)23-13-16(26-9)14(12-17(23)24)22-28-20(5,6)21(7,8)29-22/h12-13,15H,10-11H2,1-9H3. The molecule has 0 aromatic carbocycles. The Morgan fingerprint density at radius 1 is 1.21 bits per heavy atom. The fourth-order valence-electron chi connectivity index (χ4n) is 3.13. The minimum absolute atomic E-state index is 0.333. The van der Waals surface area contributed by atoms with Crippen molar-refractivity contribution in [2.75, 3.05) is 7.11 Å². The number of carbonyl (C=O) groups excluding carboxylic acids is 1. The van der Waals surface area contributed by atoms with Crippen LogP contribution in [0.1, 0.15) is 74.3 Å². The summed E-state index contributed by atoms with van der Waals surface area (Å²) in [6, 6.07) is 0.696. The molecule has 0 radical (unpaired) electrons. The van der Waals surface area contributed by atoms with Gasteiger partial charge in [0.05, 0.1) is 18.3 Å². The van der Waals surface area contributed by atoms with Crippen molar-refractivity contribution in [1.82, 2.24) is 4.57 Å². The number of pyridine rings is 1. The van der Waals surface area contributed by atoms with Crippen LogP contribution in [0.5, 0.6) is 5.75 Å². The number of ether oxygens (including phenoxy) is 2. The van der Waals surface area contributed by atoms with Crippen molar-refractivity contribution in [2.24, 2.45) is 0 Å². The zero-order valence-electron chi connectivity index (χ0n) is 19.1. The van der Waals surface area contributed by atoms with Gasteiger partial charge in [0.15, 0.2) is 0 Å². The average molecular weight is 407 g/mol. The van der Waals surface area contributed by atoms with Crippen LogP contribution in [0.3, 0.4) is 0 Å². The number of rotatable bonds is 6. The highest BCUT2D eigenvalue weighted by atomic mass is 16.7. The topological polar surface area (TPSA) is 76.0 Å². The Kier molecular flexibility index (Phi) is 6.60. The van der Waals surface area contributed by atoms with Crippen molar-refractivity contribution < 1.29 is 23.6 Å². The maximum absolute atomic E-state index is 13.0. The summed E-state index contributed by atoms with van der Waals surface area (Å²) in [5.41, 5.74) is -1.55. The number of hydrogen-bond acceptors (Lipinski definition) is 6. The summed E-state index contributed by atoms with van der Waals surface area (Å²) in [6.45, 7) is 15.1. The highest BCUT2D eigenvalue weighted by Gasteiger charge is 2.52. The van der Waals surface area contributed by atoms with Crippen LogP contribution in [-0.2, 0) is 18.8 Å². The van der Waals surface area contributed by atoms with E-state index in [1.54, 1.807) is 27.0 Å². The molecular formula is C21H34BNO6. The molecule has 0 aliphatic carbocycles. The molecule has 0 saturated carbocycles. The van der Waals surface area contributed by atoms with Crippen LogP contribution in [0.15, 0.2) is 17.1 Å². The molecule has 162 valence electrons. The fraction of sp³-hybridized carbons (Fsp3) is 0.714. The van der Waals surface area contributed by atoms with Crippen LogP contribution in [-0.4, -0.2) is 41.6 Å². The highest BCUT2D eigenvalue weighted by molar-refractivity contribution is 6.63. The maximum atomic E-state index is 13.0. The Morgan fingerprint density at radius 2 is 1.76 bits per heavy atom. The van der Waals surface area contributed by atoms with Crippen molar-refractivity contribution in [2.45, 2.75) is 91.1 Å². The SMILES string of the molecule is CCCC(C(=O)OC(C)(C)C)n1cc(OC)c(B2OC(C)(C)C(C)(C)O2)cc1=O. The summed E-state index contributed by atoms with van der Waals surface area (Å²) < 4.78 is 24.6. The largest absolute Gasteiger partial charge is 0.498 e. The average Bonchev–Trinajstić information content (AvgIpc) is 2.79. The minimum atomic E-state index is -0.733. The summed E-state index contributed by atoms with van der Waals surface area (Å²) >= 11 is 0. The van der Waals surface area contributed by atoms with E-state index in [0.29, 0.717) is 17.6 Å². The Balaban J connectivity index is 2.46. The molecule has 29 heavy (non-hydrogen) atoms. The van der Waals surface area contributed by atoms with Gasteiger partial charge >= 0.3 is 13.1 Å². The van der Waals surface area contributed by atoms with Crippen LogP contribution >= 0.6 is 0 Å². The first-order chi connectivity index (χ1) is 13.2. The van der Waals surface area contributed by atoms with E-state index in [-0.39, 0.29) is 5.56 Å². The molecule has 1 atom stereocenters. The molecule has 8 heteroatoms. The Bertz CT molecular complexity index is 792. The van der Waals surface area contributed by atoms with Gasteiger partial charge in [0.25, 0.3) is 5.56 Å². The maximum Gasteiger partial charge on any atom is 0.498 e. The van der Waals surface area contributed by atoms with Gasteiger partial charge in [0.2, 0.25) is 0 Å². The molecule has 0 spiro atoms. The van der Waals surface area contributed by atoms with Crippen LogP contribution in [0.2, 0.25) is 0 Å². The minimum Gasteiger partial charge on any atom is -0.496 e. The predicted octanol–water partition coefficient (Wildman–Crippen LogP) is 2.84.